The van der Waals surface area contributed by atoms with E-state index in [9.17, 15) is 0 Å². The van der Waals surface area contributed by atoms with Gasteiger partial charge in [0.25, 0.3) is 0 Å². The van der Waals surface area contributed by atoms with Crippen molar-refractivity contribution in [3.63, 3.8) is 0 Å². The van der Waals surface area contributed by atoms with E-state index in [1.807, 2.05) is 0 Å². The van der Waals surface area contributed by atoms with Crippen LogP contribution >= 0.6 is 0 Å². The topological polar surface area (TPSA) is 12.9 Å². The van der Waals surface area contributed by atoms with Crippen molar-refractivity contribution >= 4 is 32.3 Å². The van der Waals surface area contributed by atoms with E-state index < -0.39 is 0 Å². The summed E-state index contributed by atoms with van der Waals surface area (Å²) in [5.41, 5.74) is 29.5. The maximum Gasteiger partial charge on any atom is 0.0715 e. The van der Waals surface area contributed by atoms with Crippen molar-refractivity contribution in [2.24, 2.45) is 0 Å². The lowest BCUT2D eigenvalue weighted by atomic mass is 9.92. The molecule has 12 aromatic carbocycles. The van der Waals surface area contributed by atoms with Crippen LogP contribution in [-0.4, -0.2) is 4.98 Å². The molecule has 0 saturated carbocycles. The molecule has 1 nitrogen and oxygen atoms in total. The zero-order valence-corrected chi connectivity index (χ0v) is 39.1. The van der Waals surface area contributed by atoms with Gasteiger partial charge in [0.05, 0.1) is 11.4 Å². The Balaban J connectivity index is 0.791. The molecule has 3 aliphatic carbocycles. The Morgan fingerprint density at radius 3 is 0.736 bits per heavy atom. The van der Waals surface area contributed by atoms with Crippen molar-refractivity contribution in [2.45, 2.75) is 0 Å². The molecule has 0 N–H and O–H groups in total. The molecule has 0 saturated heterocycles. The van der Waals surface area contributed by atoms with E-state index in [4.69, 9.17) is 4.98 Å². The van der Waals surface area contributed by atoms with Gasteiger partial charge in [0.2, 0.25) is 0 Å². The molecule has 13 aromatic rings. The Bertz CT molecular complexity index is 3900. The van der Waals surface area contributed by atoms with Gasteiger partial charge in [0.15, 0.2) is 0 Å². The van der Waals surface area contributed by atoms with Gasteiger partial charge < -0.3 is 0 Å². The minimum atomic E-state index is 0.942. The molecule has 1 heterocycles. The number of hydrogen-bond donors (Lipinski definition) is 0. The maximum absolute atomic E-state index is 5.45. The van der Waals surface area contributed by atoms with Crippen molar-refractivity contribution in [1.82, 2.24) is 4.98 Å². The molecule has 0 radical (unpaired) electrons. The predicted molar refractivity (Wildman–Crippen MR) is 303 cm³/mol. The number of pyridine rings is 1. The lowest BCUT2D eigenvalue weighted by Gasteiger charge is -2.14. The SMILES string of the molecule is c1ccc2c(c1)-c1cccc3c(-c4ccc(-c5cc(-c6ccc(-c7ccc8c9c(cccc79)-c7ccccc7-8)cc6)nc(-c6ccc(-c7ccc8c9c(cccc79)-c7ccccc7-8)cc6)c5)cc4)ccc-2c13. The van der Waals surface area contributed by atoms with Gasteiger partial charge in [-0.2, -0.15) is 0 Å². The lowest BCUT2D eigenvalue weighted by molar-refractivity contribution is 1.32. The first-order valence-electron chi connectivity index (χ1n) is 25.0. The van der Waals surface area contributed by atoms with Crippen LogP contribution in [0, 0.1) is 0 Å². The number of nitrogens with zero attached hydrogens (tertiary/aromatic N) is 1. The van der Waals surface area contributed by atoms with Gasteiger partial charge in [-0.05, 0) is 156 Å². The molecule has 3 aliphatic rings. The van der Waals surface area contributed by atoms with Crippen LogP contribution in [0.15, 0.2) is 249 Å². The van der Waals surface area contributed by atoms with Crippen LogP contribution < -0.4 is 0 Å². The Morgan fingerprint density at radius 1 is 0.167 bits per heavy atom. The summed E-state index contributed by atoms with van der Waals surface area (Å²) in [6.07, 6.45) is 0. The summed E-state index contributed by atoms with van der Waals surface area (Å²) in [5, 5.41) is 7.89. The Kier molecular flexibility index (Phi) is 8.23. The number of rotatable bonds is 6. The van der Waals surface area contributed by atoms with Crippen LogP contribution in [-0.2, 0) is 0 Å². The van der Waals surface area contributed by atoms with Gasteiger partial charge in [-0.1, -0.05) is 237 Å². The third-order valence-corrected chi connectivity index (χ3v) is 16.0. The number of fused-ring (bicyclic) bond motifs is 9. The Morgan fingerprint density at radius 2 is 0.417 bits per heavy atom. The highest BCUT2D eigenvalue weighted by atomic mass is 14.7. The first-order chi connectivity index (χ1) is 35.7. The largest absolute Gasteiger partial charge is 0.248 e. The molecule has 0 amide bonds. The molecule has 0 bridgehead atoms. The smallest absolute Gasteiger partial charge is 0.0715 e. The second kappa shape index (κ2) is 15.0. The normalized spacial score (nSPS) is 12.2. The van der Waals surface area contributed by atoms with Crippen LogP contribution in [0.2, 0.25) is 0 Å². The quantitative estimate of drug-likeness (QED) is 0.162. The molecule has 16 rings (SSSR count). The molecule has 0 aliphatic heterocycles. The molecule has 330 valence electrons. The monoisotopic (exact) mass is 907 g/mol. The van der Waals surface area contributed by atoms with E-state index in [2.05, 4.69) is 249 Å². The molecule has 0 fully saturated rings. The molecule has 1 heteroatoms. The summed E-state index contributed by atoms with van der Waals surface area (Å²) in [6.45, 7) is 0. The van der Waals surface area contributed by atoms with Gasteiger partial charge in [0.1, 0.15) is 0 Å². The van der Waals surface area contributed by atoms with Gasteiger partial charge in [-0.25, -0.2) is 4.98 Å². The average molecular weight is 908 g/mol. The second-order valence-corrected chi connectivity index (χ2v) is 19.7. The summed E-state index contributed by atoms with van der Waals surface area (Å²) < 4.78 is 0. The highest BCUT2D eigenvalue weighted by Crippen LogP contribution is 2.52. The first-order valence-corrected chi connectivity index (χ1v) is 25.0. The Labute approximate surface area is 417 Å². The number of benzene rings is 12. The average Bonchev–Trinajstić information content (AvgIpc) is 4.09. The zero-order chi connectivity index (χ0) is 47.0. The summed E-state index contributed by atoms with van der Waals surface area (Å²) in [5.74, 6) is 0. The molecular formula is C71H41N. The zero-order valence-electron chi connectivity index (χ0n) is 39.1. The van der Waals surface area contributed by atoms with Crippen LogP contribution in [0.25, 0.3) is 166 Å². The van der Waals surface area contributed by atoms with Crippen molar-refractivity contribution in [3.05, 3.63) is 249 Å². The lowest BCUT2D eigenvalue weighted by Crippen LogP contribution is -1.92. The molecule has 72 heavy (non-hydrogen) atoms. The summed E-state index contributed by atoms with van der Waals surface area (Å²) >= 11 is 0. The van der Waals surface area contributed by atoms with E-state index in [-0.39, 0.29) is 0 Å². The van der Waals surface area contributed by atoms with Gasteiger partial charge in [0, 0.05) is 11.1 Å². The fourth-order valence-electron chi connectivity index (χ4n) is 12.7. The number of aromatic nitrogens is 1. The maximum atomic E-state index is 5.45. The highest BCUT2D eigenvalue weighted by molar-refractivity contribution is 6.21. The van der Waals surface area contributed by atoms with Crippen LogP contribution in [0.3, 0.4) is 0 Å². The van der Waals surface area contributed by atoms with Gasteiger partial charge in [-0.3, -0.25) is 0 Å². The van der Waals surface area contributed by atoms with E-state index >= 15 is 0 Å². The highest BCUT2D eigenvalue weighted by Gasteiger charge is 2.25. The van der Waals surface area contributed by atoms with Crippen molar-refractivity contribution in [1.29, 1.82) is 0 Å². The molecule has 0 atom stereocenters. The van der Waals surface area contributed by atoms with Gasteiger partial charge >= 0.3 is 0 Å². The van der Waals surface area contributed by atoms with Crippen molar-refractivity contribution in [3.8, 4) is 134 Å². The van der Waals surface area contributed by atoms with Crippen LogP contribution in [0.4, 0.5) is 0 Å². The van der Waals surface area contributed by atoms with Crippen molar-refractivity contribution < 1.29 is 0 Å². The minimum Gasteiger partial charge on any atom is -0.248 e. The molecule has 0 unspecified atom stereocenters. The first kappa shape index (κ1) is 39.4. The summed E-state index contributed by atoms with van der Waals surface area (Å²) in [6, 6.07) is 92.2. The van der Waals surface area contributed by atoms with Crippen LogP contribution in [0.5, 0.6) is 0 Å². The van der Waals surface area contributed by atoms with Crippen molar-refractivity contribution in [2.75, 3.05) is 0 Å². The van der Waals surface area contributed by atoms with E-state index in [0.717, 1.165) is 33.6 Å². The predicted octanol–water partition coefficient (Wildman–Crippen LogP) is 19.5. The molecule has 0 spiro atoms. The third kappa shape index (κ3) is 5.68. The molecule has 1 aromatic heterocycles. The fourth-order valence-corrected chi connectivity index (χ4v) is 12.7. The van der Waals surface area contributed by atoms with Crippen LogP contribution in [0.1, 0.15) is 0 Å². The Hall–Kier alpha value is -9.43. The third-order valence-electron chi connectivity index (χ3n) is 16.0. The second-order valence-electron chi connectivity index (χ2n) is 19.7. The molecular weight excluding hydrogens is 867 g/mol. The van der Waals surface area contributed by atoms with E-state index in [1.54, 1.807) is 0 Å². The summed E-state index contributed by atoms with van der Waals surface area (Å²) in [7, 11) is 0. The van der Waals surface area contributed by atoms with Gasteiger partial charge in [-0.15, -0.1) is 0 Å². The van der Waals surface area contributed by atoms with E-state index in [0.29, 0.717) is 0 Å². The van der Waals surface area contributed by atoms with E-state index in [1.165, 1.54) is 132 Å². The number of hydrogen-bond acceptors (Lipinski definition) is 1. The summed E-state index contributed by atoms with van der Waals surface area (Å²) in [4.78, 5) is 5.45. The minimum absolute atomic E-state index is 0.942. The fraction of sp³-hybridized carbons (Fsp3) is 0. The standard InChI is InChI=1S/C71H41N/c1-4-13-55-52(10-1)61-19-7-16-58-49(34-37-64(55)69(58)61)43-24-22-42(23-25-43)48-40-67(46-30-26-44(27-31-46)50-35-38-65-56-14-5-2-11-53(56)62-20-8-17-59(50)70(62)65)72-68(41-48)47-32-28-45(29-33-47)51-36-39-66-57-15-6-3-12-54(57)63-21-9-18-60(51)71(63)66/h1-41H.